The summed E-state index contributed by atoms with van der Waals surface area (Å²) < 4.78 is 12.4. The molecule has 0 aliphatic rings. The number of methoxy groups -OCH3 is 1. The van der Waals surface area contributed by atoms with Crippen molar-refractivity contribution in [2.45, 2.75) is 0 Å². The predicted octanol–water partition coefficient (Wildman–Crippen LogP) is 3.11. The van der Waals surface area contributed by atoms with Gasteiger partial charge in [0, 0.05) is 12.3 Å². The second kappa shape index (κ2) is 5.99. The van der Waals surface area contributed by atoms with E-state index in [1.54, 1.807) is 50.0 Å². The summed E-state index contributed by atoms with van der Waals surface area (Å²) in [4.78, 5) is 24.1. The number of pyridine rings is 1. The van der Waals surface area contributed by atoms with Gasteiger partial charge in [0.25, 0.3) is 5.56 Å². The van der Waals surface area contributed by atoms with E-state index in [4.69, 9.17) is 21.4 Å². The summed E-state index contributed by atoms with van der Waals surface area (Å²) in [6.45, 7) is 0. The number of H-pyrrole nitrogens is 1. The van der Waals surface area contributed by atoms with E-state index in [0.717, 1.165) is 0 Å². The highest BCUT2D eigenvalue weighted by atomic mass is 32.1. The molecule has 0 bridgehead atoms. The Labute approximate surface area is 146 Å². The highest BCUT2D eigenvalue weighted by Crippen LogP contribution is 2.32. The largest absolute Gasteiger partial charge is 0.496 e. The van der Waals surface area contributed by atoms with Gasteiger partial charge in [0.1, 0.15) is 5.75 Å². The third kappa shape index (κ3) is 2.52. The molecule has 0 saturated carbocycles. The highest BCUT2D eigenvalue weighted by molar-refractivity contribution is 7.71. The summed E-state index contributed by atoms with van der Waals surface area (Å²) in [5.74, 6) is 1.06. The van der Waals surface area contributed by atoms with E-state index in [0.29, 0.717) is 33.7 Å². The molecule has 0 saturated heterocycles. The number of hydrogen-bond acceptors (Lipinski definition) is 6. The first-order valence-corrected chi connectivity index (χ1v) is 7.76. The lowest BCUT2D eigenvalue weighted by Gasteiger charge is -2.11. The summed E-state index contributed by atoms with van der Waals surface area (Å²) in [5, 5.41) is 0.449. The van der Waals surface area contributed by atoms with E-state index in [1.807, 2.05) is 0 Å². The van der Waals surface area contributed by atoms with E-state index < -0.39 is 0 Å². The fourth-order valence-electron chi connectivity index (χ4n) is 2.67. The van der Waals surface area contributed by atoms with Crippen LogP contribution in [-0.4, -0.2) is 26.6 Å². The predicted molar refractivity (Wildman–Crippen MR) is 94.6 cm³/mol. The first kappa shape index (κ1) is 15.3. The van der Waals surface area contributed by atoms with Crippen molar-refractivity contribution in [3.05, 3.63) is 64.4 Å². The van der Waals surface area contributed by atoms with Crippen molar-refractivity contribution in [3.8, 4) is 22.8 Å². The topological polar surface area (TPSA) is 85.9 Å². The highest BCUT2D eigenvalue weighted by Gasteiger charge is 2.15. The molecule has 124 valence electrons. The van der Waals surface area contributed by atoms with Crippen molar-refractivity contribution in [2.24, 2.45) is 0 Å². The van der Waals surface area contributed by atoms with Gasteiger partial charge >= 0.3 is 0 Å². The number of rotatable bonds is 3. The number of aromatic amines is 1. The Morgan fingerprint density at radius 2 is 2.16 bits per heavy atom. The molecule has 0 spiro atoms. The minimum absolute atomic E-state index is 0.254. The van der Waals surface area contributed by atoms with Crippen LogP contribution in [0.2, 0.25) is 0 Å². The number of nitrogens with zero attached hydrogens (tertiary/aromatic N) is 3. The minimum Gasteiger partial charge on any atom is -0.496 e. The van der Waals surface area contributed by atoms with Crippen molar-refractivity contribution >= 4 is 23.1 Å². The maximum atomic E-state index is 13.0. The lowest BCUT2D eigenvalue weighted by atomic mass is 10.1. The van der Waals surface area contributed by atoms with Crippen LogP contribution < -0.4 is 10.3 Å². The molecule has 0 amide bonds. The number of fused-ring (bicyclic) bond motifs is 1. The lowest BCUT2D eigenvalue weighted by Crippen LogP contribution is -2.20. The van der Waals surface area contributed by atoms with Crippen LogP contribution in [0.3, 0.4) is 0 Å². The third-order valence-electron chi connectivity index (χ3n) is 3.82. The molecule has 4 aromatic rings. The molecule has 0 aliphatic heterocycles. The summed E-state index contributed by atoms with van der Waals surface area (Å²) in [7, 11) is 1.55. The molecule has 7 nitrogen and oxygen atoms in total. The second-order valence-corrected chi connectivity index (χ2v) is 5.63. The van der Waals surface area contributed by atoms with Gasteiger partial charge in [0.2, 0.25) is 0 Å². The van der Waals surface area contributed by atoms with E-state index in [1.165, 1.54) is 11.0 Å². The van der Waals surface area contributed by atoms with Crippen LogP contribution in [-0.2, 0) is 0 Å². The lowest BCUT2D eigenvalue weighted by molar-refractivity contribution is 0.415. The number of aromatic nitrogens is 4. The van der Waals surface area contributed by atoms with Crippen LogP contribution >= 0.6 is 12.2 Å². The molecule has 0 atom stereocenters. The van der Waals surface area contributed by atoms with Crippen LogP contribution in [0.5, 0.6) is 5.75 Å². The Balaban J connectivity index is 2.07. The van der Waals surface area contributed by atoms with Crippen molar-refractivity contribution in [1.82, 2.24) is 19.5 Å². The quantitative estimate of drug-likeness (QED) is 0.570. The van der Waals surface area contributed by atoms with Gasteiger partial charge in [0.05, 0.1) is 41.7 Å². The fraction of sp³-hybridized carbons (Fsp3) is 0.0588. The summed E-state index contributed by atoms with van der Waals surface area (Å²) in [5.41, 5.74) is 1.55. The third-order valence-corrected chi connectivity index (χ3v) is 4.10. The average Bonchev–Trinajstić information content (AvgIpc) is 3.16. The summed E-state index contributed by atoms with van der Waals surface area (Å²) in [6.07, 6.45) is 6.10. The van der Waals surface area contributed by atoms with Crippen molar-refractivity contribution in [2.75, 3.05) is 7.11 Å². The van der Waals surface area contributed by atoms with E-state index in [2.05, 4.69) is 15.0 Å². The standard InChI is InChI=1S/C17H12N4O3S/c1-23-14-6-13-11(5-12(14)15-8-19-9-24-15)16(22)21(17(25)20-13)10-3-2-4-18-7-10/h2-9H,1H3,(H,20,25). The van der Waals surface area contributed by atoms with Crippen LogP contribution in [0.4, 0.5) is 0 Å². The van der Waals surface area contributed by atoms with Gasteiger partial charge < -0.3 is 14.1 Å². The number of benzene rings is 1. The summed E-state index contributed by atoms with van der Waals surface area (Å²) in [6, 6.07) is 6.94. The molecular weight excluding hydrogens is 340 g/mol. The summed E-state index contributed by atoms with van der Waals surface area (Å²) >= 11 is 5.35. The molecule has 0 unspecified atom stereocenters. The number of hydrogen-bond donors (Lipinski definition) is 1. The average molecular weight is 352 g/mol. The molecule has 1 N–H and O–H groups in total. The molecule has 1 aromatic carbocycles. The van der Waals surface area contributed by atoms with Crippen LogP contribution in [0, 0.1) is 4.77 Å². The van der Waals surface area contributed by atoms with E-state index >= 15 is 0 Å². The van der Waals surface area contributed by atoms with Crippen molar-refractivity contribution in [1.29, 1.82) is 0 Å². The molecule has 8 heteroatoms. The zero-order valence-corrected chi connectivity index (χ0v) is 13.9. The van der Waals surface area contributed by atoms with Crippen LogP contribution in [0.1, 0.15) is 0 Å². The monoisotopic (exact) mass is 352 g/mol. The molecule has 4 rings (SSSR count). The zero-order chi connectivity index (χ0) is 17.4. The molecule has 0 aliphatic carbocycles. The van der Waals surface area contributed by atoms with Crippen molar-refractivity contribution < 1.29 is 9.15 Å². The molecular formula is C17H12N4O3S. The first-order valence-electron chi connectivity index (χ1n) is 7.35. The molecule has 0 fully saturated rings. The van der Waals surface area contributed by atoms with Gasteiger partial charge in [0.15, 0.2) is 16.9 Å². The van der Waals surface area contributed by atoms with E-state index in [-0.39, 0.29) is 10.3 Å². The molecule has 3 heterocycles. The first-order chi connectivity index (χ1) is 12.2. The number of ether oxygens (including phenoxy) is 1. The Hall–Kier alpha value is -3.26. The minimum atomic E-state index is -0.254. The van der Waals surface area contributed by atoms with Gasteiger partial charge in [-0.25, -0.2) is 4.98 Å². The van der Waals surface area contributed by atoms with Crippen LogP contribution in [0.25, 0.3) is 27.9 Å². The van der Waals surface area contributed by atoms with Gasteiger partial charge in [-0.1, -0.05) is 0 Å². The second-order valence-electron chi connectivity index (χ2n) is 5.25. The Morgan fingerprint density at radius 1 is 1.28 bits per heavy atom. The van der Waals surface area contributed by atoms with Crippen LogP contribution in [0.15, 0.2) is 58.5 Å². The zero-order valence-electron chi connectivity index (χ0n) is 13.1. The maximum Gasteiger partial charge on any atom is 0.266 e. The molecule has 0 radical (unpaired) electrons. The normalized spacial score (nSPS) is 10.9. The van der Waals surface area contributed by atoms with Gasteiger partial charge in [-0.05, 0) is 30.4 Å². The molecule has 3 aromatic heterocycles. The fourth-order valence-corrected chi connectivity index (χ4v) is 2.97. The maximum absolute atomic E-state index is 13.0. The Kier molecular flexibility index (Phi) is 3.66. The smallest absolute Gasteiger partial charge is 0.266 e. The Bertz CT molecular complexity index is 1160. The Morgan fingerprint density at radius 3 is 2.84 bits per heavy atom. The van der Waals surface area contributed by atoms with Gasteiger partial charge in [-0.15, -0.1) is 0 Å². The molecule has 25 heavy (non-hydrogen) atoms. The van der Waals surface area contributed by atoms with Gasteiger partial charge in [-0.3, -0.25) is 14.3 Å². The van der Waals surface area contributed by atoms with Crippen molar-refractivity contribution in [3.63, 3.8) is 0 Å². The number of nitrogens with one attached hydrogen (secondary N) is 1. The number of oxazole rings is 1. The van der Waals surface area contributed by atoms with Gasteiger partial charge in [-0.2, -0.15) is 0 Å². The SMILES string of the molecule is COc1cc2[nH]c(=S)n(-c3cccnc3)c(=O)c2cc1-c1cnco1. The van der Waals surface area contributed by atoms with E-state index in [9.17, 15) is 4.79 Å².